The third-order valence-corrected chi connectivity index (χ3v) is 5.95. The number of carbonyl (C=O) groups is 4. The Balaban J connectivity index is 1.89. The van der Waals surface area contributed by atoms with E-state index in [2.05, 4.69) is 5.32 Å². The molecule has 1 aromatic carbocycles. The summed E-state index contributed by atoms with van der Waals surface area (Å²) in [5.74, 6) is -3.36. The van der Waals surface area contributed by atoms with Crippen LogP contribution in [0.3, 0.4) is 0 Å². The number of primary amides is 2. The van der Waals surface area contributed by atoms with E-state index in [-0.39, 0.29) is 29.5 Å². The van der Waals surface area contributed by atoms with Crippen molar-refractivity contribution >= 4 is 41.3 Å². The van der Waals surface area contributed by atoms with E-state index in [0.29, 0.717) is 25.8 Å². The molecular formula is C21H25ClFN5O4. The van der Waals surface area contributed by atoms with Crippen molar-refractivity contribution in [3.8, 4) is 0 Å². The molecule has 2 fully saturated rings. The van der Waals surface area contributed by atoms with E-state index in [1.165, 1.54) is 23.2 Å². The Bertz CT molecular complexity index is 956. The molecule has 2 aliphatic heterocycles. The molecule has 0 radical (unpaired) electrons. The number of nitrogens with two attached hydrogens (primary N) is 2. The molecule has 9 nitrogen and oxygen atoms in total. The highest BCUT2D eigenvalue weighted by Gasteiger charge is 2.42. The summed E-state index contributed by atoms with van der Waals surface area (Å²) < 4.78 is 14.1. The quantitative estimate of drug-likeness (QED) is 0.505. The van der Waals surface area contributed by atoms with E-state index in [0.717, 1.165) is 17.2 Å². The number of hydrazine groups is 1. The molecule has 4 amide bonds. The third-order valence-electron chi connectivity index (χ3n) is 5.72. The number of halogens is 2. The number of amides is 4. The zero-order valence-electron chi connectivity index (χ0n) is 17.3. The largest absolute Gasteiger partial charge is 0.368 e. The molecule has 3 rings (SSSR count). The van der Waals surface area contributed by atoms with Gasteiger partial charge in [-0.15, -0.1) is 0 Å². The van der Waals surface area contributed by atoms with Gasteiger partial charge in [0, 0.05) is 35.7 Å². The van der Waals surface area contributed by atoms with Gasteiger partial charge in [0.1, 0.15) is 17.9 Å². The number of carbonyl (C=O) groups excluding carboxylic acids is 4. The second-order valence-electron chi connectivity index (χ2n) is 7.84. The van der Waals surface area contributed by atoms with Crippen molar-refractivity contribution in [1.29, 1.82) is 0 Å². The molecule has 2 saturated heterocycles. The van der Waals surface area contributed by atoms with Crippen LogP contribution in [0.25, 0.3) is 6.08 Å². The summed E-state index contributed by atoms with van der Waals surface area (Å²) in [7, 11) is 0. The zero-order valence-corrected chi connectivity index (χ0v) is 18.1. The number of nitrogens with one attached hydrogen (secondary N) is 1. The van der Waals surface area contributed by atoms with Crippen molar-refractivity contribution in [2.75, 3.05) is 13.1 Å². The van der Waals surface area contributed by atoms with Crippen molar-refractivity contribution < 1.29 is 23.6 Å². The Morgan fingerprint density at radius 2 is 2.03 bits per heavy atom. The van der Waals surface area contributed by atoms with Gasteiger partial charge in [0.25, 0.3) is 5.91 Å². The first-order valence-electron chi connectivity index (χ1n) is 10.3. The van der Waals surface area contributed by atoms with E-state index < -0.39 is 41.5 Å². The molecule has 5 N–H and O–H groups in total. The molecule has 3 atom stereocenters. The second-order valence-corrected chi connectivity index (χ2v) is 8.27. The fraction of sp³-hybridized carbons (Fsp3) is 0.429. The Morgan fingerprint density at radius 3 is 2.62 bits per heavy atom. The molecule has 11 heteroatoms. The molecular weight excluding hydrogens is 441 g/mol. The molecule has 1 unspecified atom stereocenters. The minimum absolute atomic E-state index is 0.103. The van der Waals surface area contributed by atoms with Crippen molar-refractivity contribution in [2.45, 2.75) is 37.8 Å². The number of hydrogen-bond acceptors (Lipinski definition) is 5. The van der Waals surface area contributed by atoms with Crippen molar-refractivity contribution in [3.63, 3.8) is 0 Å². The molecule has 172 valence electrons. The number of benzene rings is 1. The predicted molar refractivity (Wildman–Crippen MR) is 115 cm³/mol. The van der Waals surface area contributed by atoms with E-state index in [9.17, 15) is 23.6 Å². The number of rotatable bonds is 7. The van der Waals surface area contributed by atoms with Crippen LogP contribution in [0.5, 0.6) is 0 Å². The van der Waals surface area contributed by atoms with Gasteiger partial charge < -0.3 is 16.8 Å². The fourth-order valence-electron chi connectivity index (χ4n) is 4.10. The van der Waals surface area contributed by atoms with Crippen LogP contribution < -0.4 is 16.8 Å². The summed E-state index contributed by atoms with van der Waals surface area (Å²) in [5, 5.41) is 5.44. The molecule has 2 heterocycles. The van der Waals surface area contributed by atoms with Crippen LogP contribution in [0.1, 0.15) is 31.2 Å². The minimum atomic E-state index is -1.00. The van der Waals surface area contributed by atoms with Crippen LogP contribution in [-0.4, -0.2) is 58.8 Å². The summed E-state index contributed by atoms with van der Waals surface area (Å²) >= 11 is 5.75. The summed E-state index contributed by atoms with van der Waals surface area (Å²) in [6, 6.07) is 2.00. The first-order chi connectivity index (χ1) is 15.2. The Kier molecular flexibility index (Phi) is 7.47. The molecule has 1 aromatic rings. The van der Waals surface area contributed by atoms with Crippen LogP contribution in [0.15, 0.2) is 24.3 Å². The molecule has 0 aromatic heterocycles. The van der Waals surface area contributed by atoms with Gasteiger partial charge in [-0.1, -0.05) is 17.7 Å². The van der Waals surface area contributed by atoms with E-state index >= 15 is 0 Å². The monoisotopic (exact) mass is 465 g/mol. The van der Waals surface area contributed by atoms with Gasteiger partial charge >= 0.3 is 0 Å². The highest BCUT2D eigenvalue weighted by molar-refractivity contribution is 6.30. The smallest absolute Gasteiger partial charge is 0.261 e. The fourth-order valence-corrected chi connectivity index (χ4v) is 4.26. The Labute approximate surface area is 189 Å². The molecule has 2 aliphatic rings. The maximum Gasteiger partial charge on any atom is 0.261 e. The van der Waals surface area contributed by atoms with Crippen LogP contribution in [0, 0.1) is 11.7 Å². The van der Waals surface area contributed by atoms with Crippen LogP contribution in [0.2, 0.25) is 5.02 Å². The van der Waals surface area contributed by atoms with Crippen LogP contribution in [0.4, 0.5) is 4.39 Å². The lowest BCUT2D eigenvalue weighted by Crippen LogP contribution is -2.64. The lowest BCUT2D eigenvalue weighted by molar-refractivity contribution is -0.172. The van der Waals surface area contributed by atoms with Gasteiger partial charge in [0.15, 0.2) is 0 Å². The van der Waals surface area contributed by atoms with E-state index in [1.54, 1.807) is 0 Å². The average Bonchev–Trinajstić information content (AvgIpc) is 3.14. The molecule has 0 bridgehead atoms. The molecule has 0 saturated carbocycles. The van der Waals surface area contributed by atoms with Gasteiger partial charge in [-0.25, -0.2) is 9.40 Å². The first-order valence-corrected chi connectivity index (χ1v) is 10.7. The lowest BCUT2D eigenvalue weighted by atomic mass is 9.96. The standard InChI is InChI=1S/C21H25ClFN5O4/c22-14-5-3-12(15(23)11-14)4-6-18(29)28-16(19(24)30)2-1-9-27(28)17(20(25)31)10-13-7-8-26-21(13)32/h3-6,11,13,16-17H,1-2,7-10H2,(H2,24,30)(H2,25,31)(H,26,32)/b6-4+/t13-,16?,17-/m0/s1. The topological polar surface area (TPSA) is 139 Å². The van der Waals surface area contributed by atoms with Gasteiger partial charge in [0.05, 0.1) is 0 Å². The summed E-state index contributed by atoms with van der Waals surface area (Å²) in [6.45, 7) is 0.761. The highest BCUT2D eigenvalue weighted by Crippen LogP contribution is 2.27. The predicted octanol–water partition coefficient (Wildman–Crippen LogP) is 0.566. The maximum absolute atomic E-state index is 14.1. The van der Waals surface area contributed by atoms with E-state index in [4.69, 9.17) is 23.1 Å². The maximum atomic E-state index is 14.1. The van der Waals surface area contributed by atoms with E-state index in [1.807, 2.05) is 0 Å². The highest BCUT2D eigenvalue weighted by atomic mass is 35.5. The van der Waals surface area contributed by atoms with Gasteiger partial charge in [-0.05, 0) is 43.9 Å². The Hall–Kier alpha value is -2.98. The van der Waals surface area contributed by atoms with Gasteiger partial charge in [-0.3, -0.25) is 24.2 Å². The van der Waals surface area contributed by atoms with Crippen molar-refractivity contribution in [1.82, 2.24) is 15.3 Å². The van der Waals surface area contributed by atoms with Crippen LogP contribution >= 0.6 is 11.6 Å². The van der Waals surface area contributed by atoms with Crippen molar-refractivity contribution in [2.24, 2.45) is 17.4 Å². The third kappa shape index (κ3) is 5.25. The van der Waals surface area contributed by atoms with Gasteiger partial charge in [-0.2, -0.15) is 0 Å². The summed E-state index contributed by atoms with van der Waals surface area (Å²) in [6.07, 6.45) is 3.79. The van der Waals surface area contributed by atoms with Crippen LogP contribution in [-0.2, 0) is 19.2 Å². The molecule has 32 heavy (non-hydrogen) atoms. The normalized spacial score (nSPS) is 22.7. The molecule has 0 aliphatic carbocycles. The Morgan fingerprint density at radius 1 is 1.28 bits per heavy atom. The number of nitrogens with zero attached hydrogens (tertiary/aromatic N) is 2. The first kappa shape index (κ1) is 23.7. The molecule has 0 spiro atoms. The minimum Gasteiger partial charge on any atom is -0.368 e. The SMILES string of the molecule is NC(=O)C1CCCN([C@@H](C[C@@H]2CCNC2=O)C(N)=O)N1C(=O)/C=C/c1ccc(Cl)cc1F. The zero-order chi connectivity index (χ0) is 23.4. The van der Waals surface area contributed by atoms with Crippen molar-refractivity contribution in [3.05, 3.63) is 40.7 Å². The summed E-state index contributed by atoms with van der Waals surface area (Å²) in [4.78, 5) is 49.5. The average molecular weight is 466 g/mol. The number of hydrogen-bond donors (Lipinski definition) is 3. The lowest BCUT2D eigenvalue weighted by Gasteiger charge is -2.45. The van der Waals surface area contributed by atoms with Gasteiger partial charge in [0.2, 0.25) is 17.7 Å². The summed E-state index contributed by atoms with van der Waals surface area (Å²) in [5.41, 5.74) is 11.3. The second kappa shape index (κ2) is 10.1.